The number of amides is 1. The SMILES string of the molecule is Nc1nc(N2CCCCCC2)sc1C(=O)NC1CC(O)C1. The first-order valence-electron chi connectivity index (χ1n) is 7.63. The summed E-state index contributed by atoms with van der Waals surface area (Å²) < 4.78 is 0. The Morgan fingerprint density at radius 1 is 1.29 bits per heavy atom. The number of hydrogen-bond donors (Lipinski definition) is 3. The van der Waals surface area contributed by atoms with Crippen LogP contribution in [0.25, 0.3) is 0 Å². The Kier molecular flexibility index (Phi) is 4.30. The number of aliphatic hydroxyl groups excluding tert-OH is 1. The highest BCUT2D eigenvalue weighted by Gasteiger charge is 2.30. The standard InChI is InChI=1S/C14H22N4O2S/c15-12-11(13(20)16-9-7-10(19)8-9)21-14(17-12)18-5-3-1-2-4-6-18/h9-10,19H,1-8,15H2,(H,16,20). The number of nitrogen functional groups attached to an aromatic ring is 1. The van der Waals surface area contributed by atoms with Gasteiger partial charge in [0.1, 0.15) is 10.7 Å². The van der Waals surface area contributed by atoms with Gasteiger partial charge < -0.3 is 21.1 Å². The van der Waals surface area contributed by atoms with Crippen LogP contribution in [0.15, 0.2) is 0 Å². The van der Waals surface area contributed by atoms with Crippen molar-refractivity contribution in [3.63, 3.8) is 0 Å². The van der Waals surface area contributed by atoms with E-state index in [0.29, 0.717) is 23.5 Å². The van der Waals surface area contributed by atoms with E-state index in [1.54, 1.807) is 0 Å². The third-order valence-electron chi connectivity index (χ3n) is 4.17. The smallest absolute Gasteiger partial charge is 0.265 e. The van der Waals surface area contributed by atoms with Crippen LogP contribution < -0.4 is 16.0 Å². The lowest BCUT2D eigenvalue weighted by molar-refractivity contribution is 0.0565. The zero-order valence-electron chi connectivity index (χ0n) is 12.0. The van der Waals surface area contributed by atoms with Gasteiger partial charge in [0.15, 0.2) is 5.13 Å². The van der Waals surface area contributed by atoms with Crippen molar-refractivity contribution in [2.75, 3.05) is 23.7 Å². The minimum atomic E-state index is -0.276. The average molecular weight is 310 g/mol. The number of nitrogens with one attached hydrogen (secondary N) is 1. The Morgan fingerprint density at radius 2 is 1.95 bits per heavy atom. The van der Waals surface area contributed by atoms with Crippen molar-refractivity contribution in [2.24, 2.45) is 0 Å². The van der Waals surface area contributed by atoms with Crippen molar-refractivity contribution in [1.82, 2.24) is 10.3 Å². The van der Waals surface area contributed by atoms with Crippen LogP contribution in [0.4, 0.5) is 10.9 Å². The summed E-state index contributed by atoms with van der Waals surface area (Å²) in [5.41, 5.74) is 5.91. The van der Waals surface area contributed by atoms with Crippen molar-refractivity contribution in [1.29, 1.82) is 0 Å². The van der Waals surface area contributed by atoms with E-state index in [2.05, 4.69) is 15.2 Å². The molecule has 2 fully saturated rings. The van der Waals surface area contributed by atoms with Crippen molar-refractivity contribution < 1.29 is 9.90 Å². The van der Waals surface area contributed by atoms with Crippen molar-refractivity contribution in [3.05, 3.63) is 4.88 Å². The molecule has 0 atom stereocenters. The Morgan fingerprint density at radius 3 is 2.57 bits per heavy atom. The van der Waals surface area contributed by atoms with E-state index in [9.17, 15) is 9.90 Å². The maximum atomic E-state index is 12.2. The number of nitrogens with zero attached hydrogens (tertiary/aromatic N) is 2. The molecule has 2 heterocycles. The second-order valence-electron chi connectivity index (χ2n) is 5.91. The van der Waals surface area contributed by atoms with Gasteiger partial charge >= 0.3 is 0 Å². The molecule has 3 rings (SSSR count). The highest BCUT2D eigenvalue weighted by atomic mass is 32.1. The molecule has 1 aromatic rings. The summed E-state index contributed by atoms with van der Waals surface area (Å²) in [5, 5.41) is 13.0. The van der Waals surface area contributed by atoms with Crippen molar-refractivity contribution >= 4 is 28.2 Å². The maximum absolute atomic E-state index is 12.2. The van der Waals surface area contributed by atoms with Gasteiger partial charge in [-0.25, -0.2) is 4.98 Å². The monoisotopic (exact) mass is 310 g/mol. The first-order valence-corrected chi connectivity index (χ1v) is 8.45. The molecule has 1 saturated heterocycles. The van der Waals surface area contributed by atoms with Crippen LogP contribution in [0.2, 0.25) is 0 Å². The number of nitrogens with two attached hydrogens (primary N) is 1. The molecular formula is C14H22N4O2S. The van der Waals surface area contributed by atoms with E-state index in [-0.39, 0.29) is 18.1 Å². The molecule has 1 aliphatic heterocycles. The summed E-state index contributed by atoms with van der Waals surface area (Å²) >= 11 is 1.38. The van der Waals surface area contributed by atoms with E-state index in [0.717, 1.165) is 18.2 Å². The largest absolute Gasteiger partial charge is 0.393 e. The Bertz CT molecular complexity index is 505. The fourth-order valence-corrected chi connectivity index (χ4v) is 3.78. The number of hydrogen-bond acceptors (Lipinski definition) is 6. The minimum Gasteiger partial charge on any atom is -0.393 e. The van der Waals surface area contributed by atoms with Crippen LogP contribution in [0.3, 0.4) is 0 Å². The first kappa shape index (κ1) is 14.6. The highest BCUT2D eigenvalue weighted by molar-refractivity contribution is 7.18. The van der Waals surface area contributed by atoms with Crippen LogP contribution in [-0.4, -0.2) is 41.2 Å². The van der Waals surface area contributed by atoms with Crippen LogP contribution in [-0.2, 0) is 0 Å². The van der Waals surface area contributed by atoms with Gasteiger partial charge in [-0.05, 0) is 25.7 Å². The van der Waals surface area contributed by atoms with Crippen LogP contribution >= 0.6 is 11.3 Å². The molecule has 1 saturated carbocycles. The number of anilines is 2. The second-order valence-corrected chi connectivity index (χ2v) is 6.89. The predicted molar refractivity (Wildman–Crippen MR) is 83.7 cm³/mol. The summed E-state index contributed by atoms with van der Waals surface area (Å²) in [6.45, 7) is 1.98. The van der Waals surface area contributed by atoms with Crippen LogP contribution in [0.5, 0.6) is 0 Å². The summed E-state index contributed by atoms with van der Waals surface area (Å²) in [6, 6.07) is 0.0654. The molecular weight excluding hydrogens is 288 g/mol. The molecule has 1 amide bonds. The number of carbonyl (C=O) groups is 1. The number of carbonyl (C=O) groups excluding carboxylic acids is 1. The average Bonchev–Trinajstić information content (AvgIpc) is 2.64. The zero-order chi connectivity index (χ0) is 14.8. The van der Waals surface area contributed by atoms with Crippen molar-refractivity contribution in [2.45, 2.75) is 50.7 Å². The van der Waals surface area contributed by atoms with E-state index in [4.69, 9.17) is 5.73 Å². The molecule has 116 valence electrons. The molecule has 4 N–H and O–H groups in total. The Balaban J connectivity index is 1.66. The Labute approximate surface area is 128 Å². The third-order valence-corrected chi connectivity index (χ3v) is 5.30. The van der Waals surface area contributed by atoms with Crippen LogP contribution in [0.1, 0.15) is 48.2 Å². The number of aromatic nitrogens is 1. The second kappa shape index (κ2) is 6.19. The molecule has 2 aliphatic rings. The zero-order valence-corrected chi connectivity index (χ0v) is 12.9. The van der Waals surface area contributed by atoms with Gasteiger partial charge in [-0.3, -0.25) is 4.79 Å². The van der Waals surface area contributed by atoms with Gasteiger partial charge in [-0.15, -0.1) is 0 Å². The van der Waals surface area contributed by atoms with Crippen molar-refractivity contribution in [3.8, 4) is 0 Å². The third kappa shape index (κ3) is 3.29. The highest BCUT2D eigenvalue weighted by Crippen LogP contribution is 2.30. The predicted octanol–water partition coefficient (Wildman–Crippen LogP) is 1.36. The molecule has 0 aromatic carbocycles. The van der Waals surface area contributed by atoms with E-state index in [1.165, 1.54) is 37.0 Å². The quantitative estimate of drug-likeness (QED) is 0.784. The molecule has 7 heteroatoms. The molecule has 0 unspecified atom stereocenters. The Hall–Kier alpha value is -1.34. The van der Waals surface area contributed by atoms with Gasteiger partial charge in [-0.2, -0.15) is 0 Å². The van der Waals surface area contributed by atoms with Gasteiger partial charge in [0.05, 0.1) is 6.10 Å². The lowest BCUT2D eigenvalue weighted by atomic mass is 9.89. The maximum Gasteiger partial charge on any atom is 0.265 e. The fourth-order valence-electron chi connectivity index (χ4n) is 2.84. The molecule has 21 heavy (non-hydrogen) atoms. The summed E-state index contributed by atoms with van der Waals surface area (Å²) in [4.78, 5) is 19.3. The molecule has 1 aromatic heterocycles. The number of rotatable bonds is 3. The molecule has 0 radical (unpaired) electrons. The minimum absolute atomic E-state index is 0.0654. The molecule has 0 spiro atoms. The van der Waals surface area contributed by atoms with Gasteiger partial charge in [0, 0.05) is 19.1 Å². The first-order chi connectivity index (χ1) is 10.1. The van der Waals surface area contributed by atoms with Crippen LogP contribution in [0, 0.1) is 0 Å². The van der Waals surface area contributed by atoms with E-state index >= 15 is 0 Å². The molecule has 0 bridgehead atoms. The summed E-state index contributed by atoms with van der Waals surface area (Å²) in [7, 11) is 0. The number of aliphatic hydroxyl groups is 1. The lowest BCUT2D eigenvalue weighted by Gasteiger charge is -2.31. The lowest BCUT2D eigenvalue weighted by Crippen LogP contribution is -2.46. The summed E-state index contributed by atoms with van der Waals surface area (Å²) in [6.07, 6.45) is 5.83. The van der Waals surface area contributed by atoms with E-state index < -0.39 is 0 Å². The van der Waals surface area contributed by atoms with E-state index in [1.807, 2.05) is 0 Å². The van der Waals surface area contributed by atoms with Gasteiger partial charge in [0.2, 0.25) is 0 Å². The van der Waals surface area contributed by atoms with Gasteiger partial charge in [-0.1, -0.05) is 24.2 Å². The number of thiazole rings is 1. The fraction of sp³-hybridized carbons (Fsp3) is 0.714. The molecule has 1 aliphatic carbocycles. The molecule has 6 nitrogen and oxygen atoms in total. The topological polar surface area (TPSA) is 91.5 Å². The summed E-state index contributed by atoms with van der Waals surface area (Å²) in [5.74, 6) is 0.152. The normalized spacial score (nSPS) is 26.0. The van der Waals surface area contributed by atoms with Gasteiger partial charge in [0.25, 0.3) is 5.91 Å².